The van der Waals surface area contributed by atoms with Gasteiger partial charge >= 0.3 is 0 Å². The van der Waals surface area contributed by atoms with E-state index in [0.29, 0.717) is 12.5 Å². The second-order valence-electron chi connectivity index (χ2n) is 8.47. The molecular formula is C23H25FN2O. The zero-order valence-corrected chi connectivity index (χ0v) is 16.2. The molecule has 1 atom stereocenters. The van der Waals surface area contributed by atoms with E-state index in [1.54, 1.807) is 6.08 Å². The summed E-state index contributed by atoms with van der Waals surface area (Å²) >= 11 is 0. The van der Waals surface area contributed by atoms with Gasteiger partial charge < -0.3 is 10.2 Å². The van der Waals surface area contributed by atoms with Gasteiger partial charge in [-0.3, -0.25) is 4.79 Å². The predicted octanol–water partition coefficient (Wildman–Crippen LogP) is 4.95. The highest BCUT2D eigenvalue weighted by molar-refractivity contribution is 5.89. The summed E-state index contributed by atoms with van der Waals surface area (Å²) in [7, 11) is 0. The van der Waals surface area contributed by atoms with Crippen LogP contribution >= 0.6 is 0 Å². The van der Waals surface area contributed by atoms with Crippen molar-refractivity contribution in [3.05, 3.63) is 71.0 Å². The number of nitrogens with one attached hydrogen (secondary N) is 1. The van der Waals surface area contributed by atoms with E-state index >= 15 is 4.39 Å². The lowest BCUT2D eigenvalue weighted by molar-refractivity contribution is -0.133. The van der Waals surface area contributed by atoms with Crippen molar-refractivity contribution in [1.82, 2.24) is 5.32 Å². The monoisotopic (exact) mass is 364 g/mol. The molecule has 0 bridgehead atoms. The molecule has 3 nitrogen and oxygen atoms in total. The number of fused-ring (bicyclic) bond motifs is 3. The number of anilines is 1. The van der Waals surface area contributed by atoms with Crippen LogP contribution in [-0.4, -0.2) is 12.5 Å². The smallest absolute Gasteiger partial charge is 0.229 e. The van der Waals surface area contributed by atoms with Crippen LogP contribution in [0.3, 0.4) is 0 Å². The van der Waals surface area contributed by atoms with Crippen LogP contribution in [0, 0.1) is 5.41 Å². The summed E-state index contributed by atoms with van der Waals surface area (Å²) in [5.74, 6) is -0.135. The number of carbonyl (C=O) groups is 1. The Balaban J connectivity index is 1.96. The number of benzene rings is 2. The molecule has 0 aromatic heterocycles. The number of nitrogens with zero attached hydrogens (tertiary/aromatic N) is 1. The van der Waals surface area contributed by atoms with Crippen molar-refractivity contribution in [3.8, 4) is 0 Å². The van der Waals surface area contributed by atoms with E-state index < -0.39 is 11.1 Å². The molecule has 0 aliphatic carbocycles. The number of hydrogen-bond donors (Lipinski definition) is 1. The zero-order valence-electron chi connectivity index (χ0n) is 16.2. The first-order valence-electron chi connectivity index (χ1n) is 9.43. The van der Waals surface area contributed by atoms with Gasteiger partial charge in [0, 0.05) is 23.4 Å². The summed E-state index contributed by atoms with van der Waals surface area (Å²) in [4.78, 5) is 14.8. The summed E-state index contributed by atoms with van der Waals surface area (Å²) in [6.45, 7) is 8.49. The van der Waals surface area contributed by atoms with Crippen LogP contribution in [0.2, 0.25) is 0 Å². The standard InChI is InChI=1S/C23H25FN2O/c1-15(2)16-10-11-19-17(12-16)13-20(24)23(18-8-6-5-7-9-18)25-21(27)22(3,4)14-26(19)23/h5-13,15H,14H2,1-4H3,(H,25,27). The van der Waals surface area contributed by atoms with Crippen LogP contribution in [0.5, 0.6) is 0 Å². The molecular weight excluding hydrogens is 339 g/mol. The van der Waals surface area contributed by atoms with E-state index in [4.69, 9.17) is 0 Å². The molecule has 140 valence electrons. The third kappa shape index (κ3) is 2.58. The van der Waals surface area contributed by atoms with Crippen LogP contribution in [0.15, 0.2) is 54.4 Å². The van der Waals surface area contributed by atoms with Gasteiger partial charge in [-0.25, -0.2) is 4.39 Å². The van der Waals surface area contributed by atoms with Gasteiger partial charge in [-0.2, -0.15) is 0 Å². The van der Waals surface area contributed by atoms with Gasteiger partial charge in [-0.1, -0.05) is 50.2 Å². The Bertz CT molecular complexity index is 933. The second-order valence-corrected chi connectivity index (χ2v) is 8.47. The lowest BCUT2D eigenvalue weighted by atomic mass is 9.80. The summed E-state index contributed by atoms with van der Waals surface area (Å²) in [6.07, 6.45) is 1.57. The van der Waals surface area contributed by atoms with Crippen molar-refractivity contribution in [1.29, 1.82) is 0 Å². The van der Waals surface area contributed by atoms with Crippen LogP contribution in [0.4, 0.5) is 10.1 Å². The first kappa shape index (κ1) is 17.8. The molecule has 2 aromatic rings. The minimum absolute atomic E-state index is 0.145. The average molecular weight is 364 g/mol. The Morgan fingerprint density at radius 1 is 1.11 bits per heavy atom. The molecule has 0 spiro atoms. The molecule has 2 aliphatic rings. The van der Waals surface area contributed by atoms with Crippen molar-refractivity contribution in [2.45, 2.75) is 39.3 Å². The highest BCUT2D eigenvalue weighted by Crippen LogP contribution is 2.48. The maximum absolute atomic E-state index is 15.7. The fraction of sp³-hybridized carbons (Fsp3) is 0.348. The van der Waals surface area contributed by atoms with E-state index in [2.05, 4.69) is 37.4 Å². The van der Waals surface area contributed by atoms with Gasteiger partial charge in [0.05, 0.1) is 5.41 Å². The first-order chi connectivity index (χ1) is 12.8. The van der Waals surface area contributed by atoms with Gasteiger partial charge in [0.15, 0.2) is 11.5 Å². The average Bonchev–Trinajstić information content (AvgIpc) is 2.63. The quantitative estimate of drug-likeness (QED) is 0.818. The molecule has 27 heavy (non-hydrogen) atoms. The van der Waals surface area contributed by atoms with Crippen LogP contribution in [0.1, 0.15) is 50.3 Å². The normalized spacial score (nSPS) is 23.4. The summed E-state index contributed by atoms with van der Waals surface area (Å²) in [6, 6.07) is 15.6. The topological polar surface area (TPSA) is 32.3 Å². The molecule has 1 N–H and O–H groups in total. The van der Waals surface area contributed by atoms with E-state index in [0.717, 1.165) is 16.8 Å². The van der Waals surface area contributed by atoms with Gasteiger partial charge in [-0.15, -0.1) is 0 Å². The van der Waals surface area contributed by atoms with Crippen molar-refractivity contribution in [3.63, 3.8) is 0 Å². The van der Waals surface area contributed by atoms with Crippen LogP contribution < -0.4 is 10.2 Å². The Hall–Kier alpha value is -2.62. The first-order valence-corrected chi connectivity index (χ1v) is 9.43. The maximum Gasteiger partial charge on any atom is 0.229 e. The second kappa shape index (κ2) is 5.95. The molecule has 4 rings (SSSR count). The minimum Gasteiger partial charge on any atom is -0.338 e. The third-order valence-corrected chi connectivity index (χ3v) is 5.70. The van der Waals surface area contributed by atoms with Crippen molar-refractivity contribution in [2.24, 2.45) is 5.41 Å². The molecule has 1 unspecified atom stereocenters. The summed E-state index contributed by atoms with van der Waals surface area (Å²) in [5.41, 5.74) is 1.78. The number of carbonyl (C=O) groups excluding carboxylic acids is 1. The zero-order chi connectivity index (χ0) is 19.4. The molecule has 0 saturated carbocycles. The summed E-state index contributed by atoms with van der Waals surface area (Å²) < 4.78 is 15.7. The van der Waals surface area contributed by atoms with E-state index in [1.165, 1.54) is 5.56 Å². The van der Waals surface area contributed by atoms with Crippen LogP contribution in [-0.2, 0) is 10.5 Å². The minimum atomic E-state index is -1.29. The number of amides is 1. The number of halogens is 1. The van der Waals surface area contributed by atoms with E-state index in [-0.39, 0.29) is 11.7 Å². The van der Waals surface area contributed by atoms with E-state index in [9.17, 15) is 4.79 Å². The molecule has 1 saturated heterocycles. The van der Waals surface area contributed by atoms with Gasteiger partial charge in [0.2, 0.25) is 5.91 Å². The largest absolute Gasteiger partial charge is 0.338 e. The van der Waals surface area contributed by atoms with Gasteiger partial charge in [-0.05, 0) is 43.5 Å². The molecule has 1 fully saturated rings. The molecule has 4 heteroatoms. The van der Waals surface area contributed by atoms with Crippen molar-refractivity contribution < 1.29 is 9.18 Å². The third-order valence-electron chi connectivity index (χ3n) is 5.70. The summed E-state index contributed by atoms with van der Waals surface area (Å²) in [5, 5.41) is 3.01. The molecule has 2 aliphatic heterocycles. The Morgan fingerprint density at radius 2 is 1.81 bits per heavy atom. The Kier molecular flexibility index (Phi) is 3.91. The van der Waals surface area contributed by atoms with Crippen molar-refractivity contribution in [2.75, 3.05) is 11.4 Å². The number of hydrogen-bond acceptors (Lipinski definition) is 2. The van der Waals surface area contributed by atoms with Gasteiger partial charge in [0.25, 0.3) is 0 Å². The molecule has 2 aromatic carbocycles. The Labute approximate surface area is 159 Å². The highest BCUT2D eigenvalue weighted by atomic mass is 19.1. The lowest BCUT2D eigenvalue weighted by Crippen LogP contribution is -2.69. The van der Waals surface area contributed by atoms with E-state index in [1.807, 2.05) is 49.1 Å². The number of rotatable bonds is 2. The Morgan fingerprint density at radius 3 is 2.48 bits per heavy atom. The fourth-order valence-corrected chi connectivity index (χ4v) is 4.02. The molecule has 2 heterocycles. The van der Waals surface area contributed by atoms with Crippen molar-refractivity contribution >= 4 is 17.7 Å². The van der Waals surface area contributed by atoms with Gasteiger partial charge in [0.1, 0.15) is 0 Å². The molecule has 1 amide bonds. The SMILES string of the molecule is CC(C)c1ccc2c(c1)C=C(F)C1(c3ccccc3)NC(=O)C(C)(C)CN21. The molecule has 0 radical (unpaired) electrons. The predicted molar refractivity (Wildman–Crippen MR) is 107 cm³/mol. The highest BCUT2D eigenvalue weighted by Gasteiger charge is 2.54. The lowest BCUT2D eigenvalue weighted by Gasteiger charge is -2.54. The fourth-order valence-electron chi connectivity index (χ4n) is 4.02. The maximum atomic E-state index is 15.7. The van der Waals surface area contributed by atoms with Crippen LogP contribution in [0.25, 0.3) is 6.08 Å².